The van der Waals surface area contributed by atoms with Crippen LogP contribution in [0.2, 0.25) is 0 Å². The second kappa shape index (κ2) is 8.85. The molecule has 2 aromatic heterocycles. The van der Waals surface area contributed by atoms with Gasteiger partial charge in [-0.2, -0.15) is 5.10 Å². The van der Waals surface area contributed by atoms with Crippen LogP contribution in [-0.2, 0) is 17.1 Å². The lowest BCUT2D eigenvalue weighted by Gasteiger charge is -2.19. The van der Waals surface area contributed by atoms with Crippen molar-refractivity contribution in [3.63, 3.8) is 0 Å². The summed E-state index contributed by atoms with van der Waals surface area (Å²) in [5.74, 6) is 0. The van der Waals surface area contributed by atoms with Crippen molar-refractivity contribution < 1.29 is 13.2 Å². The number of carbonyl (C=O) groups excluding carboxylic acids is 1. The molecule has 32 heavy (non-hydrogen) atoms. The zero-order valence-corrected chi connectivity index (χ0v) is 19.0. The quantitative estimate of drug-likeness (QED) is 0.433. The molecule has 0 radical (unpaired) electrons. The Hall–Kier alpha value is -3.63. The molecule has 2 amide bonds. The van der Waals surface area contributed by atoms with Crippen LogP contribution in [0.25, 0.3) is 10.6 Å². The predicted octanol–water partition coefficient (Wildman–Crippen LogP) is 4.62. The molecule has 0 unspecified atom stereocenters. The van der Waals surface area contributed by atoms with Crippen molar-refractivity contribution in [2.75, 3.05) is 22.0 Å². The molecule has 0 saturated carbocycles. The number of para-hydroxylation sites is 1. The van der Waals surface area contributed by atoms with Gasteiger partial charge in [0.2, 0.25) is 0 Å². The third kappa shape index (κ3) is 4.51. The number of aryl methyl sites for hydroxylation is 1. The molecule has 0 aliphatic heterocycles. The average Bonchev–Trinajstić information content (AvgIpc) is 3.43. The number of nitrogens with zero attached hydrogens (tertiary/aromatic N) is 3. The number of anilines is 3. The Kier molecular flexibility index (Phi) is 5.97. The number of nitrogens with one attached hydrogen (secondary N) is 2. The van der Waals surface area contributed by atoms with E-state index in [1.54, 1.807) is 59.4 Å². The second-order valence-corrected chi connectivity index (χ2v) is 10.2. The number of rotatable bonds is 6. The van der Waals surface area contributed by atoms with Crippen molar-refractivity contribution in [2.45, 2.75) is 4.21 Å². The molecule has 2 aromatic carbocycles. The molecule has 8 nitrogen and oxygen atoms in total. The maximum absolute atomic E-state index is 13.1. The van der Waals surface area contributed by atoms with Crippen LogP contribution in [0.15, 0.2) is 83.2 Å². The molecular weight excluding hydrogens is 446 g/mol. The highest BCUT2D eigenvalue weighted by Crippen LogP contribution is 2.33. The fourth-order valence-electron chi connectivity index (χ4n) is 3.06. The Labute approximate surface area is 190 Å². The van der Waals surface area contributed by atoms with Crippen LogP contribution in [0.3, 0.4) is 0 Å². The van der Waals surface area contributed by atoms with Crippen molar-refractivity contribution >= 4 is 44.5 Å². The van der Waals surface area contributed by atoms with Gasteiger partial charge in [0.05, 0.1) is 16.3 Å². The summed E-state index contributed by atoms with van der Waals surface area (Å²) in [6.45, 7) is 0. The van der Waals surface area contributed by atoms with Gasteiger partial charge in [0.15, 0.2) is 0 Å². The van der Waals surface area contributed by atoms with Gasteiger partial charge in [-0.3, -0.25) is 8.99 Å². The van der Waals surface area contributed by atoms with E-state index in [9.17, 15) is 13.2 Å². The maximum Gasteiger partial charge on any atom is 0.323 e. The van der Waals surface area contributed by atoms with Crippen LogP contribution in [-0.4, -0.2) is 31.3 Å². The van der Waals surface area contributed by atoms with E-state index in [0.29, 0.717) is 17.1 Å². The first-order valence-corrected chi connectivity index (χ1v) is 11.9. The summed E-state index contributed by atoms with van der Waals surface area (Å²) in [7, 11) is -0.415. The lowest BCUT2D eigenvalue weighted by Crippen LogP contribution is -2.25. The van der Waals surface area contributed by atoms with Crippen LogP contribution < -0.4 is 14.9 Å². The SMILES string of the molecule is CN(c1ccc(NC(=O)Nc2ccccc2)cc1)S(=O)(=O)c1ccc(-c2ccnn2C)s1. The summed E-state index contributed by atoms with van der Waals surface area (Å²) < 4.78 is 29.4. The highest BCUT2D eigenvalue weighted by molar-refractivity contribution is 7.94. The third-order valence-electron chi connectivity index (χ3n) is 4.79. The van der Waals surface area contributed by atoms with Crippen molar-refractivity contribution in [1.29, 1.82) is 0 Å². The van der Waals surface area contributed by atoms with E-state index in [1.807, 2.05) is 31.3 Å². The van der Waals surface area contributed by atoms with Crippen molar-refractivity contribution in [2.24, 2.45) is 7.05 Å². The van der Waals surface area contributed by atoms with E-state index in [4.69, 9.17) is 0 Å². The maximum atomic E-state index is 13.1. The molecule has 0 bridgehead atoms. The number of sulfonamides is 1. The molecule has 2 heterocycles. The van der Waals surface area contributed by atoms with E-state index in [-0.39, 0.29) is 10.2 Å². The van der Waals surface area contributed by atoms with E-state index >= 15 is 0 Å². The number of benzene rings is 2. The minimum atomic E-state index is -3.73. The summed E-state index contributed by atoms with van der Waals surface area (Å²) in [5.41, 5.74) is 2.55. The van der Waals surface area contributed by atoms with Gasteiger partial charge in [0.1, 0.15) is 4.21 Å². The average molecular weight is 468 g/mol. The standard InChI is InChI=1S/C22H21N5O3S2/c1-26-19(14-15-23-26)20-12-13-21(31-20)32(29,30)27(2)18-10-8-17(9-11-18)25-22(28)24-16-6-4-3-5-7-16/h3-15H,1-2H3,(H2,24,25,28). The van der Waals surface area contributed by atoms with Gasteiger partial charge in [-0.15, -0.1) is 11.3 Å². The third-order valence-corrected chi connectivity index (χ3v) is 8.15. The van der Waals surface area contributed by atoms with E-state index < -0.39 is 10.0 Å². The molecule has 10 heteroatoms. The number of hydrogen-bond donors (Lipinski definition) is 2. The zero-order valence-electron chi connectivity index (χ0n) is 17.4. The molecule has 0 aliphatic rings. The molecule has 164 valence electrons. The van der Waals surface area contributed by atoms with Crippen molar-refractivity contribution in [3.8, 4) is 10.6 Å². The van der Waals surface area contributed by atoms with E-state index in [1.165, 1.54) is 22.7 Å². The molecule has 4 rings (SSSR count). The topological polar surface area (TPSA) is 96.3 Å². The summed E-state index contributed by atoms with van der Waals surface area (Å²) in [5, 5.41) is 9.59. The normalized spacial score (nSPS) is 11.2. The van der Waals surface area contributed by atoms with Gasteiger partial charge < -0.3 is 10.6 Å². The minimum Gasteiger partial charge on any atom is -0.308 e. The van der Waals surface area contributed by atoms with Crippen LogP contribution in [0.5, 0.6) is 0 Å². The largest absolute Gasteiger partial charge is 0.323 e. The molecule has 0 fully saturated rings. The summed E-state index contributed by atoms with van der Waals surface area (Å²) >= 11 is 1.19. The Morgan fingerprint density at radius 3 is 2.22 bits per heavy atom. The Balaban J connectivity index is 1.46. The van der Waals surface area contributed by atoms with Crippen molar-refractivity contribution in [3.05, 3.63) is 79.0 Å². The highest BCUT2D eigenvalue weighted by atomic mass is 32.2. The number of amides is 2. The first-order valence-electron chi connectivity index (χ1n) is 9.65. The van der Waals surface area contributed by atoms with Gasteiger partial charge in [-0.25, -0.2) is 13.2 Å². The molecule has 0 aliphatic carbocycles. The van der Waals surface area contributed by atoms with Crippen molar-refractivity contribution in [1.82, 2.24) is 9.78 Å². The first kappa shape index (κ1) is 21.6. The smallest absolute Gasteiger partial charge is 0.308 e. The minimum absolute atomic E-state index is 0.237. The highest BCUT2D eigenvalue weighted by Gasteiger charge is 2.24. The van der Waals surface area contributed by atoms with Gasteiger partial charge in [0.25, 0.3) is 10.0 Å². The number of aromatic nitrogens is 2. The van der Waals surface area contributed by atoms with Crippen LogP contribution in [0.4, 0.5) is 21.9 Å². The summed E-state index contributed by atoms with van der Waals surface area (Å²) in [6.07, 6.45) is 1.67. The Morgan fingerprint density at radius 1 is 0.938 bits per heavy atom. The summed E-state index contributed by atoms with van der Waals surface area (Å²) in [4.78, 5) is 13.0. The van der Waals surface area contributed by atoms with Crippen LogP contribution >= 0.6 is 11.3 Å². The number of thiophene rings is 1. The molecule has 2 N–H and O–H groups in total. The fraction of sp³-hybridized carbons (Fsp3) is 0.0909. The van der Waals surface area contributed by atoms with Crippen LogP contribution in [0.1, 0.15) is 0 Å². The molecular formula is C22H21N5O3S2. The lowest BCUT2D eigenvalue weighted by atomic mass is 10.3. The number of urea groups is 1. The van der Waals surface area contributed by atoms with E-state index in [2.05, 4.69) is 15.7 Å². The Bertz CT molecular complexity index is 1330. The Morgan fingerprint density at radius 2 is 1.59 bits per heavy atom. The predicted molar refractivity (Wildman–Crippen MR) is 128 cm³/mol. The van der Waals surface area contributed by atoms with Gasteiger partial charge in [-0.1, -0.05) is 18.2 Å². The van der Waals surface area contributed by atoms with E-state index in [0.717, 1.165) is 10.6 Å². The molecule has 4 aromatic rings. The fourth-order valence-corrected chi connectivity index (χ4v) is 5.78. The van der Waals surface area contributed by atoms with Gasteiger partial charge in [0, 0.05) is 31.7 Å². The van der Waals surface area contributed by atoms with Gasteiger partial charge in [-0.05, 0) is 54.6 Å². The number of carbonyl (C=O) groups is 1. The molecule has 0 atom stereocenters. The van der Waals surface area contributed by atoms with Gasteiger partial charge >= 0.3 is 6.03 Å². The molecule has 0 spiro atoms. The first-order chi connectivity index (χ1) is 15.3. The second-order valence-electron chi connectivity index (χ2n) is 6.92. The number of hydrogen-bond acceptors (Lipinski definition) is 5. The lowest BCUT2D eigenvalue weighted by molar-refractivity contribution is 0.262. The van der Waals surface area contributed by atoms with Crippen LogP contribution in [0, 0.1) is 0 Å². The zero-order chi connectivity index (χ0) is 22.7. The monoisotopic (exact) mass is 467 g/mol. The summed E-state index contributed by atoms with van der Waals surface area (Å²) in [6, 6.07) is 20.5. The molecule has 0 saturated heterocycles.